The summed E-state index contributed by atoms with van der Waals surface area (Å²) in [5.41, 5.74) is 2.16. The van der Waals surface area contributed by atoms with Crippen LogP contribution in [0.2, 0.25) is 0 Å². The number of benzene rings is 2. The van der Waals surface area contributed by atoms with Gasteiger partial charge in [0.2, 0.25) is 10.0 Å². The van der Waals surface area contributed by atoms with Crippen LogP contribution in [0.3, 0.4) is 0 Å². The first-order valence-electron chi connectivity index (χ1n) is 7.83. The molecule has 1 N–H and O–H groups in total. The zero-order valence-corrected chi connectivity index (χ0v) is 16.0. The molecule has 2 aromatic rings. The molecular formula is C18H20BrNO3S. The highest BCUT2D eigenvalue weighted by molar-refractivity contribution is 9.10. The van der Waals surface area contributed by atoms with Crippen molar-refractivity contribution in [3.05, 3.63) is 58.1 Å². The van der Waals surface area contributed by atoms with Gasteiger partial charge in [0, 0.05) is 10.5 Å². The van der Waals surface area contributed by atoms with Crippen LogP contribution in [-0.2, 0) is 10.0 Å². The molecule has 0 aromatic heterocycles. The van der Waals surface area contributed by atoms with Crippen LogP contribution in [0.15, 0.2) is 51.8 Å². The Morgan fingerprint density at radius 1 is 1.17 bits per heavy atom. The summed E-state index contributed by atoms with van der Waals surface area (Å²) in [7, 11) is -2.22. The van der Waals surface area contributed by atoms with Crippen molar-refractivity contribution < 1.29 is 13.2 Å². The van der Waals surface area contributed by atoms with Gasteiger partial charge in [-0.05, 0) is 49.4 Å². The molecule has 1 fully saturated rings. The minimum absolute atomic E-state index is 0.150. The van der Waals surface area contributed by atoms with Crippen LogP contribution in [0.1, 0.15) is 30.0 Å². The molecule has 1 aliphatic rings. The zero-order chi connectivity index (χ0) is 17.3. The molecule has 2 aromatic carbocycles. The van der Waals surface area contributed by atoms with Crippen molar-refractivity contribution in [1.29, 1.82) is 0 Å². The molecule has 128 valence electrons. The number of nitrogens with one attached hydrogen (secondary N) is 1. The molecular weight excluding hydrogens is 390 g/mol. The van der Waals surface area contributed by atoms with Gasteiger partial charge in [-0.3, -0.25) is 0 Å². The second-order valence-electron chi connectivity index (χ2n) is 6.14. The van der Waals surface area contributed by atoms with Crippen molar-refractivity contribution >= 4 is 26.0 Å². The third kappa shape index (κ3) is 3.82. The van der Waals surface area contributed by atoms with E-state index in [0.717, 1.165) is 24.0 Å². The molecule has 0 bridgehead atoms. The lowest BCUT2D eigenvalue weighted by molar-refractivity contribution is 0.401. The fourth-order valence-corrected chi connectivity index (χ4v) is 4.73. The quantitative estimate of drug-likeness (QED) is 0.777. The first-order chi connectivity index (χ1) is 11.4. The Morgan fingerprint density at radius 3 is 2.42 bits per heavy atom. The summed E-state index contributed by atoms with van der Waals surface area (Å²) in [4.78, 5) is 0.150. The summed E-state index contributed by atoms with van der Waals surface area (Å²) in [5.74, 6) is 0.685. The van der Waals surface area contributed by atoms with E-state index in [0.29, 0.717) is 16.1 Å². The Morgan fingerprint density at radius 2 is 1.83 bits per heavy atom. The summed E-state index contributed by atoms with van der Waals surface area (Å²) in [6, 6.07) is 12.8. The summed E-state index contributed by atoms with van der Waals surface area (Å²) in [6.07, 6.45) is 2.08. The molecule has 0 aliphatic heterocycles. The number of rotatable bonds is 6. The van der Waals surface area contributed by atoms with Crippen molar-refractivity contribution in [1.82, 2.24) is 4.72 Å². The predicted molar refractivity (Wildman–Crippen MR) is 97.7 cm³/mol. The maximum atomic E-state index is 12.9. The molecule has 0 unspecified atom stereocenters. The Bertz CT molecular complexity index is 830. The SMILES string of the molecule is COc1ccc(Br)cc1S(=O)(=O)N[C@@H](c1ccc(C)cc1)C1CC1. The molecule has 0 spiro atoms. The van der Waals surface area contributed by atoms with Crippen molar-refractivity contribution in [3.63, 3.8) is 0 Å². The Hall–Kier alpha value is -1.37. The van der Waals surface area contributed by atoms with E-state index in [1.54, 1.807) is 18.2 Å². The van der Waals surface area contributed by atoms with E-state index in [1.165, 1.54) is 7.11 Å². The van der Waals surface area contributed by atoms with Crippen LogP contribution in [0.25, 0.3) is 0 Å². The van der Waals surface area contributed by atoms with Crippen molar-refractivity contribution in [2.24, 2.45) is 5.92 Å². The van der Waals surface area contributed by atoms with Gasteiger partial charge in [0.1, 0.15) is 10.6 Å². The maximum Gasteiger partial charge on any atom is 0.244 e. The van der Waals surface area contributed by atoms with Crippen LogP contribution >= 0.6 is 15.9 Å². The lowest BCUT2D eigenvalue weighted by Gasteiger charge is -2.20. The number of hydrogen-bond donors (Lipinski definition) is 1. The van der Waals surface area contributed by atoms with E-state index in [9.17, 15) is 8.42 Å². The van der Waals surface area contributed by atoms with E-state index in [-0.39, 0.29) is 10.9 Å². The van der Waals surface area contributed by atoms with Crippen molar-refractivity contribution in [2.75, 3.05) is 7.11 Å². The van der Waals surface area contributed by atoms with E-state index in [4.69, 9.17) is 4.74 Å². The van der Waals surface area contributed by atoms with E-state index >= 15 is 0 Å². The number of halogens is 1. The Labute approximate surface area is 151 Å². The normalized spacial score (nSPS) is 16.0. The molecule has 6 heteroatoms. The molecule has 0 heterocycles. The molecule has 0 radical (unpaired) electrons. The van der Waals surface area contributed by atoms with Gasteiger partial charge >= 0.3 is 0 Å². The van der Waals surface area contributed by atoms with Gasteiger partial charge in [-0.1, -0.05) is 45.8 Å². The average molecular weight is 410 g/mol. The highest BCUT2D eigenvalue weighted by Crippen LogP contribution is 2.42. The molecule has 1 saturated carbocycles. The van der Waals surface area contributed by atoms with Crippen molar-refractivity contribution in [3.8, 4) is 5.75 Å². The number of methoxy groups -OCH3 is 1. The predicted octanol–water partition coefficient (Wildman–Crippen LogP) is 4.20. The monoisotopic (exact) mass is 409 g/mol. The summed E-state index contributed by atoms with van der Waals surface area (Å²) >= 11 is 3.33. The Kier molecular flexibility index (Phi) is 4.99. The number of hydrogen-bond acceptors (Lipinski definition) is 3. The van der Waals surface area contributed by atoms with Crippen LogP contribution in [0, 0.1) is 12.8 Å². The fraction of sp³-hybridized carbons (Fsp3) is 0.333. The van der Waals surface area contributed by atoms with Crippen LogP contribution in [0.4, 0.5) is 0 Å². The smallest absolute Gasteiger partial charge is 0.244 e. The summed E-state index contributed by atoms with van der Waals surface area (Å²) < 4.78 is 34.7. The molecule has 3 rings (SSSR count). The largest absolute Gasteiger partial charge is 0.495 e. The van der Waals surface area contributed by atoms with Crippen LogP contribution in [-0.4, -0.2) is 15.5 Å². The van der Waals surface area contributed by atoms with Gasteiger partial charge in [0.25, 0.3) is 0 Å². The summed E-state index contributed by atoms with van der Waals surface area (Å²) in [5, 5.41) is 0. The number of sulfonamides is 1. The van der Waals surface area contributed by atoms with Crippen LogP contribution in [0.5, 0.6) is 5.75 Å². The third-order valence-corrected chi connectivity index (χ3v) is 6.18. The van der Waals surface area contributed by atoms with E-state index < -0.39 is 10.0 Å². The molecule has 0 saturated heterocycles. The van der Waals surface area contributed by atoms with Gasteiger partial charge in [-0.25, -0.2) is 13.1 Å². The maximum absolute atomic E-state index is 12.9. The lowest BCUT2D eigenvalue weighted by Crippen LogP contribution is -2.30. The zero-order valence-electron chi connectivity index (χ0n) is 13.6. The minimum atomic E-state index is -3.69. The topological polar surface area (TPSA) is 55.4 Å². The van der Waals surface area contributed by atoms with Gasteiger partial charge in [0.15, 0.2) is 0 Å². The lowest BCUT2D eigenvalue weighted by atomic mass is 10.0. The molecule has 24 heavy (non-hydrogen) atoms. The van der Waals surface area contributed by atoms with Gasteiger partial charge in [0.05, 0.1) is 7.11 Å². The van der Waals surface area contributed by atoms with Crippen molar-refractivity contribution in [2.45, 2.75) is 30.7 Å². The van der Waals surface area contributed by atoms with E-state index in [1.807, 2.05) is 31.2 Å². The molecule has 4 nitrogen and oxygen atoms in total. The second kappa shape index (κ2) is 6.86. The molecule has 1 atom stereocenters. The molecule has 0 amide bonds. The first-order valence-corrected chi connectivity index (χ1v) is 10.1. The molecule has 1 aliphatic carbocycles. The fourth-order valence-electron chi connectivity index (χ4n) is 2.73. The highest BCUT2D eigenvalue weighted by atomic mass is 79.9. The first kappa shape index (κ1) is 17.5. The third-order valence-electron chi connectivity index (χ3n) is 4.23. The summed E-state index contributed by atoms with van der Waals surface area (Å²) in [6.45, 7) is 2.02. The second-order valence-corrected chi connectivity index (χ2v) is 8.74. The standard InChI is InChI=1S/C18H20BrNO3S/c1-12-3-5-13(6-4-12)18(14-7-8-14)20-24(21,22)17-11-15(19)9-10-16(17)23-2/h3-6,9-11,14,18,20H,7-8H2,1-2H3/t18-/m0/s1. The number of ether oxygens (including phenoxy) is 1. The van der Waals surface area contributed by atoms with E-state index in [2.05, 4.69) is 20.7 Å². The van der Waals surface area contributed by atoms with Gasteiger partial charge in [-0.15, -0.1) is 0 Å². The number of aryl methyl sites for hydroxylation is 1. The van der Waals surface area contributed by atoms with Gasteiger partial charge in [-0.2, -0.15) is 0 Å². The van der Waals surface area contributed by atoms with Crippen LogP contribution < -0.4 is 9.46 Å². The Balaban J connectivity index is 1.94. The highest BCUT2D eigenvalue weighted by Gasteiger charge is 2.36. The average Bonchev–Trinajstić information content (AvgIpc) is 3.38. The van der Waals surface area contributed by atoms with Gasteiger partial charge < -0.3 is 4.74 Å². The minimum Gasteiger partial charge on any atom is -0.495 e.